The van der Waals surface area contributed by atoms with Crippen molar-refractivity contribution in [3.63, 3.8) is 0 Å². The third kappa shape index (κ3) is 14.2. The van der Waals surface area contributed by atoms with Crippen molar-refractivity contribution in [2.24, 2.45) is 0 Å². The predicted molar refractivity (Wildman–Crippen MR) is 175 cm³/mol. The van der Waals surface area contributed by atoms with E-state index in [1.165, 1.54) is 64.2 Å². The van der Waals surface area contributed by atoms with Crippen LogP contribution in [0.25, 0.3) is 0 Å². The molecule has 2 saturated heterocycles. The van der Waals surface area contributed by atoms with Gasteiger partial charge in [0.2, 0.25) is 0 Å². The highest BCUT2D eigenvalue weighted by molar-refractivity contribution is 5.90. The number of unbranched alkanes of at least 4 members (excludes halogenated alkanes) is 12. The summed E-state index contributed by atoms with van der Waals surface area (Å²) in [5.74, 6) is -0.123. The molecule has 0 aliphatic carbocycles. The first-order valence-electron chi connectivity index (χ1n) is 18.6. The van der Waals surface area contributed by atoms with Gasteiger partial charge in [-0.25, -0.2) is 4.79 Å². The van der Waals surface area contributed by atoms with Crippen molar-refractivity contribution >= 4 is 5.97 Å². The molecule has 2 fully saturated rings. The van der Waals surface area contributed by atoms with Crippen LogP contribution >= 0.6 is 0 Å². The third-order valence-electron chi connectivity index (χ3n) is 10.1. The van der Waals surface area contributed by atoms with Crippen LogP contribution in [0.1, 0.15) is 168 Å². The van der Waals surface area contributed by atoms with Gasteiger partial charge in [-0.2, -0.15) is 0 Å². The van der Waals surface area contributed by atoms with E-state index in [2.05, 4.69) is 6.92 Å². The predicted octanol–water partition coefficient (Wildman–Crippen LogP) is 7.86. The van der Waals surface area contributed by atoms with Gasteiger partial charge in [-0.05, 0) is 77.2 Å². The standard InChI is InChI=1S/C37H66O7/c1-3-4-13-19-30(38)20-16-17-22-32(40)34-24-26-36(44-34)35-25-23-33(43-35)31(39)21-15-12-10-8-6-5-7-9-11-14-18-29-27-28(2)42-37(29)41/h27-28,30-36,38-40H,3-26H2,1-2H3/t28-,30-,31+,32+,33+,34+,35+,36+/m0/s1. The lowest BCUT2D eigenvalue weighted by Gasteiger charge is -2.24. The second kappa shape index (κ2) is 21.7. The van der Waals surface area contributed by atoms with E-state index < -0.39 is 12.2 Å². The second-order valence-corrected chi connectivity index (χ2v) is 14.0. The van der Waals surface area contributed by atoms with E-state index >= 15 is 0 Å². The number of aliphatic hydroxyl groups is 3. The lowest BCUT2D eigenvalue weighted by molar-refractivity contribution is -0.139. The number of cyclic esters (lactones) is 1. The fraction of sp³-hybridized carbons (Fsp3) is 0.919. The number of ether oxygens (including phenoxy) is 3. The smallest absolute Gasteiger partial charge is 0.334 e. The molecule has 0 saturated carbocycles. The van der Waals surface area contributed by atoms with Crippen LogP contribution in [0.15, 0.2) is 11.6 Å². The first-order valence-corrected chi connectivity index (χ1v) is 18.6. The minimum Gasteiger partial charge on any atom is -0.455 e. The highest BCUT2D eigenvalue weighted by Gasteiger charge is 2.40. The van der Waals surface area contributed by atoms with Gasteiger partial charge in [0.05, 0.1) is 42.7 Å². The Hall–Kier alpha value is -0.990. The molecule has 7 nitrogen and oxygen atoms in total. The van der Waals surface area contributed by atoms with Crippen molar-refractivity contribution in [3.05, 3.63) is 11.6 Å². The summed E-state index contributed by atoms with van der Waals surface area (Å²) >= 11 is 0. The lowest BCUT2D eigenvalue weighted by atomic mass is 10.00. The summed E-state index contributed by atoms with van der Waals surface area (Å²) in [4.78, 5) is 11.6. The largest absolute Gasteiger partial charge is 0.455 e. The topological polar surface area (TPSA) is 105 Å². The number of carbonyl (C=O) groups excluding carboxylic acids is 1. The molecule has 3 aliphatic rings. The van der Waals surface area contributed by atoms with E-state index in [4.69, 9.17) is 14.2 Å². The third-order valence-corrected chi connectivity index (χ3v) is 10.1. The summed E-state index contributed by atoms with van der Waals surface area (Å²) in [6.45, 7) is 4.09. The van der Waals surface area contributed by atoms with Crippen molar-refractivity contribution in [2.45, 2.75) is 217 Å². The molecule has 3 heterocycles. The van der Waals surface area contributed by atoms with Crippen LogP contribution in [0.3, 0.4) is 0 Å². The molecule has 3 N–H and O–H groups in total. The van der Waals surface area contributed by atoms with E-state index in [1.54, 1.807) is 0 Å². The minimum atomic E-state index is -0.447. The molecule has 0 aromatic heterocycles. The molecule has 8 atom stereocenters. The maximum atomic E-state index is 11.6. The Morgan fingerprint density at radius 3 is 1.61 bits per heavy atom. The summed E-state index contributed by atoms with van der Waals surface area (Å²) < 4.78 is 17.7. The molecule has 0 aromatic carbocycles. The Bertz CT molecular complexity index is 801. The first kappa shape index (κ1) is 37.5. The molecule has 0 amide bonds. The monoisotopic (exact) mass is 622 g/mol. The molecule has 7 heteroatoms. The Morgan fingerprint density at radius 2 is 1.11 bits per heavy atom. The maximum absolute atomic E-state index is 11.6. The average Bonchev–Trinajstić information content (AvgIpc) is 3.76. The van der Waals surface area contributed by atoms with Crippen LogP contribution in [0.4, 0.5) is 0 Å². The van der Waals surface area contributed by atoms with Gasteiger partial charge >= 0.3 is 5.97 Å². The van der Waals surface area contributed by atoms with Gasteiger partial charge in [0.15, 0.2) is 0 Å². The van der Waals surface area contributed by atoms with Crippen LogP contribution in [0.2, 0.25) is 0 Å². The molecule has 0 radical (unpaired) electrons. The van der Waals surface area contributed by atoms with Gasteiger partial charge in [0.1, 0.15) is 6.10 Å². The summed E-state index contributed by atoms with van der Waals surface area (Å²) in [6.07, 6.45) is 25.8. The number of hydrogen-bond donors (Lipinski definition) is 3. The first-order chi connectivity index (χ1) is 21.4. The fourth-order valence-electron chi connectivity index (χ4n) is 7.27. The maximum Gasteiger partial charge on any atom is 0.334 e. The SMILES string of the molecule is CCCCC[C@H](O)CCCC[C@@H](O)[C@H]1CC[C@H]([C@H]2CC[C@H]([C@H](O)CCCCCCCCCCCCC3=C[C@H](C)OC3=O)O2)O1. The summed E-state index contributed by atoms with van der Waals surface area (Å²) in [5, 5.41) is 31.5. The number of carbonyl (C=O) groups is 1. The minimum absolute atomic E-state index is 0.0274. The van der Waals surface area contributed by atoms with E-state index in [-0.39, 0.29) is 42.6 Å². The second-order valence-electron chi connectivity index (χ2n) is 14.0. The number of aliphatic hydroxyl groups excluding tert-OH is 3. The van der Waals surface area contributed by atoms with Crippen molar-refractivity contribution in [1.29, 1.82) is 0 Å². The molecular formula is C37H66O7. The summed E-state index contributed by atoms with van der Waals surface area (Å²) in [6, 6.07) is 0. The Kier molecular flexibility index (Phi) is 18.5. The summed E-state index contributed by atoms with van der Waals surface area (Å²) in [5.41, 5.74) is 0.863. The molecule has 0 aromatic rings. The van der Waals surface area contributed by atoms with Crippen molar-refractivity contribution in [2.75, 3.05) is 0 Å². The van der Waals surface area contributed by atoms with E-state index in [9.17, 15) is 20.1 Å². The van der Waals surface area contributed by atoms with Gasteiger partial charge < -0.3 is 29.5 Å². The molecular weight excluding hydrogens is 556 g/mol. The Morgan fingerprint density at radius 1 is 0.659 bits per heavy atom. The van der Waals surface area contributed by atoms with Gasteiger partial charge in [-0.3, -0.25) is 0 Å². The van der Waals surface area contributed by atoms with Crippen LogP contribution in [0.5, 0.6) is 0 Å². The zero-order valence-electron chi connectivity index (χ0n) is 28.1. The van der Waals surface area contributed by atoms with E-state index in [0.717, 1.165) is 95.5 Å². The van der Waals surface area contributed by atoms with Gasteiger partial charge in [-0.1, -0.05) is 96.8 Å². The van der Waals surface area contributed by atoms with Crippen LogP contribution in [0, 0.1) is 0 Å². The zero-order chi connectivity index (χ0) is 31.6. The van der Waals surface area contributed by atoms with Crippen LogP contribution in [-0.2, 0) is 19.0 Å². The Labute approximate surface area is 268 Å². The van der Waals surface area contributed by atoms with E-state index in [0.29, 0.717) is 0 Å². The molecule has 0 bridgehead atoms. The zero-order valence-corrected chi connectivity index (χ0v) is 28.1. The number of hydrogen-bond acceptors (Lipinski definition) is 7. The van der Waals surface area contributed by atoms with Gasteiger partial charge in [0, 0.05) is 5.57 Å². The van der Waals surface area contributed by atoms with Gasteiger partial charge in [0.25, 0.3) is 0 Å². The highest BCUT2D eigenvalue weighted by atomic mass is 16.6. The van der Waals surface area contributed by atoms with Crippen molar-refractivity contribution < 1.29 is 34.3 Å². The normalized spacial score (nSPS) is 27.4. The van der Waals surface area contributed by atoms with Crippen LogP contribution in [-0.4, -0.2) is 70.1 Å². The molecule has 3 rings (SSSR count). The molecule has 44 heavy (non-hydrogen) atoms. The highest BCUT2D eigenvalue weighted by Crippen LogP contribution is 2.34. The summed E-state index contributed by atoms with van der Waals surface area (Å²) in [7, 11) is 0. The molecule has 0 spiro atoms. The fourth-order valence-corrected chi connectivity index (χ4v) is 7.27. The lowest BCUT2D eigenvalue weighted by Crippen LogP contribution is -2.33. The quantitative estimate of drug-likeness (QED) is 0.0703. The van der Waals surface area contributed by atoms with Gasteiger partial charge in [-0.15, -0.1) is 0 Å². The van der Waals surface area contributed by atoms with E-state index in [1.807, 2.05) is 13.0 Å². The Balaban J connectivity index is 1.13. The molecule has 0 unspecified atom stereocenters. The number of esters is 1. The number of rotatable bonds is 25. The van der Waals surface area contributed by atoms with Crippen molar-refractivity contribution in [3.8, 4) is 0 Å². The molecule has 256 valence electrons. The molecule has 3 aliphatic heterocycles. The van der Waals surface area contributed by atoms with Crippen molar-refractivity contribution in [1.82, 2.24) is 0 Å². The average molecular weight is 623 g/mol. The van der Waals surface area contributed by atoms with Crippen LogP contribution < -0.4 is 0 Å².